The zero-order valence-corrected chi connectivity index (χ0v) is 13.7. The highest BCUT2D eigenvalue weighted by atomic mass is 32.1. The Morgan fingerprint density at radius 3 is 2.59 bits per heavy atom. The Morgan fingerprint density at radius 1 is 1.18 bits per heavy atom. The second-order valence-electron chi connectivity index (χ2n) is 5.46. The molecule has 0 amide bonds. The lowest BCUT2D eigenvalue weighted by Crippen LogP contribution is -2.34. The Bertz CT molecular complexity index is 637. The number of nitrogens with zero attached hydrogens (tertiary/aromatic N) is 5. The lowest BCUT2D eigenvalue weighted by atomic mass is 9.97. The maximum absolute atomic E-state index is 14.3. The lowest BCUT2D eigenvalue weighted by Gasteiger charge is -2.32. The van der Waals surface area contributed by atoms with Crippen molar-refractivity contribution < 1.29 is 4.39 Å². The molecule has 0 spiro atoms. The van der Waals surface area contributed by atoms with Crippen molar-refractivity contribution in [2.75, 3.05) is 18.0 Å². The number of hydrogen-bond acceptors (Lipinski definition) is 6. The SMILES string of the molecule is CCc1nnc(C2CCN(c3ncnc(CC)c3F)CC2)s1. The first-order chi connectivity index (χ1) is 10.7. The van der Waals surface area contributed by atoms with Crippen LogP contribution in [0.4, 0.5) is 10.2 Å². The summed E-state index contributed by atoms with van der Waals surface area (Å²) >= 11 is 1.71. The summed E-state index contributed by atoms with van der Waals surface area (Å²) in [5.74, 6) is 0.606. The molecule has 0 radical (unpaired) electrons. The van der Waals surface area contributed by atoms with Crippen LogP contribution >= 0.6 is 11.3 Å². The molecular weight excluding hydrogens is 301 g/mol. The Kier molecular flexibility index (Phi) is 4.61. The van der Waals surface area contributed by atoms with E-state index >= 15 is 0 Å². The highest BCUT2D eigenvalue weighted by Crippen LogP contribution is 2.32. The van der Waals surface area contributed by atoms with Gasteiger partial charge in [-0.15, -0.1) is 21.5 Å². The fourth-order valence-corrected chi connectivity index (χ4v) is 3.73. The Hall–Kier alpha value is -1.63. The molecule has 0 atom stereocenters. The molecule has 2 aromatic rings. The number of aromatic nitrogens is 4. The summed E-state index contributed by atoms with van der Waals surface area (Å²) in [4.78, 5) is 10.2. The van der Waals surface area contributed by atoms with Crippen LogP contribution in [0.5, 0.6) is 0 Å². The molecule has 1 fully saturated rings. The molecule has 0 saturated carbocycles. The minimum atomic E-state index is -0.271. The van der Waals surface area contributed by atoms with E-state index in [-0.39, 0.29) is 5.82 Å². The molecule has 1 aliphatic heterocycles. The quantitative estimate of drug-likeness (QED) is 0.866. The zero-order valence-electron chi connectivity index (χ0n) is 12.9. The van der Waals surface area contributed by atoms with Crippen LogP contribution in [0.1, 0.15) is 48.3 Å². The maximum atomic E-state index is 14.3. The van der Waals surface area contributed by atoms with Crippen molar-refractivity contribution in [1.82, 2.24) is 20.2 Å². The third-order valence-corrected chi connectivity index (χ3v) is 5.34. The van der Waals surface area contributed by atoms with Crippen molar-refractivity contribution in [2.24, 2.45) is 0 Å². The first kappa shape index (κ1) is 15.3. The van der Waals surface area contributed by atoms with E-state index in [2.05, 4.69) is 27.1 Å². The van der Waals surface area contributed by atoms with Crippen LogP contribution in [0.15, 0.2) is 6.33 Å². The fourth-order valence-electron chi connectivity index (χ4n) is 2.78. The van der Waals surface area contributed by atoms with Gasteiger partial charge in [0.1, 0.15) is 16.3 Å². The second kappa shape index (κ2) is 6.64. The Morgan fingerprint density at radius 2 is 1.95 bits per heavy atom. The van der Waals surface area contributed by atoms with Crippen LogP contribution in [-0.2, 0) is 12.8 Å². The van der Waals surface area contributed by atoms with Gasteiger partial charge in [0.15, 0.2) is 11.6 Å². The third-order valence-electron chi connectivity index (χ3n) is 4.11. The molecule has 0 N–H and O–H groups in total. The van der Waals surface area contributed by atoms with Gasteiger partial charge in [-0.3, -0.25) is 0 Å². The van der Waals surface area contributed by atoms with Gasteiger partial charge < -0.3 is 4.90 Å². The summed E-state index contributed by atoms with van der Waals surface area (Å²) in [6.07, 6.45) is 4.90. The van der Waals surface area contributed by atoms with Gasteiger partial charge in [-0.1, -0.05) is 13.8 Å². The van der Waals surface area contributed by atoms with Crippen molar-refractivity contribution >= 4 is 17.2 Å². The molecule has 3 rings (SSSR count). The predicted octanol–water partition coefficient (Wildman–Crippen LogP) is 2.98. The van der Waals surface area contributed by atoms with Gasteiger partial charge in [-0.05, 0) is 25.7 Å². The Balaban J connectivity index is 1.69. The molecule has 118 valence electrons. The van der Waals surface area contributed by atoms with Crippen molar-refractivity contribution in [3.05, 3.63) is 27.9 Å². The standard InChI is InChI=1S/C15H20FN5S/c1-3-11-13(16)14(18-9-17-11)21-7-5-10(6-8-21)15-20-19-12(4-2)22-15/h9-10H,3-8H2,1-2H3. The van der Waals surface area contributed by atoms with Gasteiger partial charge in [-0.2, -0.15) is 0 Å². The predicted molar refractivity (Wildman–Crippen MR) is 84.8 cm³/mol. The van der Waals surface area contributed by atoms with E-state index in [1.54, 1.807) is 11.3 Å². The van der Waals surface area contributed by atoms with E-state index in [1.165, 1.54) is 6.33 Å². The first-order valence-corrected chi connectivity index (χ1v) is 8.61. The van der Waals surface area contributed by atoms with E-state index in [9.17, 15) is 4.39 Å². The van der Waals surface area contributed by atoms with Crippen LogP contribution in [-0.4, -0.2) is 33.3 Å². The van der Waals surface area contributed by atoms with E-state index in [4.69, 9.17) is 0 Å². The lowest BCUT2D eigenvalue weighted by molar-refractivity contribution is 0.486. The molecule has 7 heteroatoms. The van der Waals surface area contributed by atoms with E-state index in [0.29, 0.717) is 23.9 Å². The summed E-state index contributed by atoms with van der Waals surface area (Å²) in [7, 11) is 0. The molecule has 0 aromatic carbocycles. The zero-order chi connectivity index (χ0) is 15.5. The van der Waals surface area contributed by atoms with Crippen molar-refractivity contribution in [3.8, 4) is 0 Å². The molecule has 2 aromatic heterocycles. The van der Waals surface area contributed by atoms with Gasteiger partial charge in [-0.25, -0.2) is 14.4 Å². The van der Waals surface area contributed by atoms with Crippen molar-refractivity contribution in [1.29, 1.82) is 0 Å². The molecular formula is C15H20FN5S. The van der Waals surface area contributed by atoms with E-state index < -0.39 is 0 Å². The van der Waals surface area contributed by atoms with Crippen LogP contribution in [0.2, 0.25) is 0 Å². The maximum Gasteiger partial charge on any atom is 0.187 e. The number of hydrogen-bond donors (Lipinski definition) is 0. The van der Waals surface area contributed by atoms with E-state index in [1.807, 2.05) is 11.8 Å². The summed E-state index contributed by atoms with van der Waals surface area (Å²) in [5, 5.41) is 10.7. The largest absolute Gasteiger partial charge is 0.354 e. The second-order valence-corrected chi connectivity index (χ2v) is 6.55. The average molecular weight is 321 g/mol. The fraction of sp³-hybridized carbons (Fsp3) is 0.600. The number of rotatable bonds is 4. The molecule has 3 heterocycles. The first-order valence-electron chi connectivity index (χ1n) is 7.79. The highest BCUT2D eigenvalue weighted by Gasteiger charge is 2.26. The van der Waals surface area contributed by atoms with Gasteiger partial charge in [0.25, 0.3) is 0 Å². The number of aryl methyl sites for hydroxylation is 2. The van der Waals surface area contributed by atoms with E-state index in [0.717, 1.165) is 42.4 Å². The summed E-state index contributed by atoms with van der Waals surface area (Å²) < 4.78 is 14.3. The third kappa shape index (κ3) is 2.95. The molecule has 0 unspecified atom stereocenters. The van der Waals surface area contributed by atoms with Crippen LogP contribution in [0, 0.1) is 5.82 Å². The Labute approximate surface area is 133 Å². The molecule has 22 heavy (non-hydrogen) atoms. The summed E-state index contributed by atoms with van der Waals surface area (Å²) in [6, 6.07) is 0. The number of halogens is 1. The molecule has 1 aliphatic rings. The molecule has 0 aliphatic carbocycles. The normalized spacial score (nSPS) is 16.2. The van der Waals surface area contributed by atoms with Crippen molar-refractivity contribution in [2.45, 2.75) is 45.4 Å². The summed E-state index contributed by atoms with van der Waals surface area (Å²) in [5.41, 5.74) is 0.490. The molecule has 5 nitrogen and oxygen atoms in total. The van der Waals surface area contributed by atoms with Gasteiger partial charge in [0.05, 0.1) is 5.69 Å². The van der Waals surface area contributed by atoms with Gasteiger partial charge in [0.2, 0.25) is 0 Å². The highest BCUT2D eigenvalue weighted by molar-refractivity contribution is 7.11. The molecule has 1 saturated heterocycles. The number of piperidine rings is 1. The topological polar surface area (TPSA) is 54.8 Å². The van der Waals surface area contributed by atoms with Crippen LogP contribution in [0.25, 0.3) is 0 Å². The average Bonchev–Trinajstić information content (AvgIpc) is 3.04. The van der Waals surface area contributed by atoms with Gasteiger partial charge in [0, 0.05) is 19.0 Å². The van der Waals surface area contributed by atoms with Crippen LogP contribution in [0.3, 0.4) is 0 Å². The smallest absolute Gasteiger partial charge is 0.187 e. The molecule has 0 bridgehead atoms. The summed E-state index contributed by atoms with van der Waals surface area (Å²) in [6.45, 7) is 5.59. The minimum absolute atomic E-state index is 0.271. The van der Waals surface area contributed by atoms with Crippen LogP contribution < -0.4 is 4.90 Å². The monoisotopic (exact) mass is 321 g/mol. The van der Waals surface area contributed by atoms with Crippen molar-refractivity contribution in [3.63, 3.8) is 0 Å². The van der Waals surface area contributed by atoms with Gasteiger partial charge >= 0.3 is 0 Å². The number of anilines is 1. The minimum Gasteiger partial charge on any atom is -0.354 e.